The summed E-state index contributed by atoms with van der Waals surface area (Å²) in [6.07, 6.45) is 8.80. The summed E-state index contributed by atoms with van der Waals surface area (Å²) in [5, 5.41) is 0. The molecule has 0 aromatic carbocycles. The van der Waals surface area contributed by atoms with Crippen molar-refractivity contribution < 1.29 is 4.79 Å². The van der Waals surface area contributed by atoms with Gasteiger partial charge in [0, 0.05) is 24.3 Å². The van der Waals surface area contributed by atoms with E-state index in [0.29, 0.717) is 10.7 Å². The van der Waals surface area contributed by atoms with Gasteiger partial charge in [-0.1, -0.05) is 22.4 Å². The number of fused-ring (bicyclic) bond motifs is 2. The maximum Gasteiger partial charge on any atom is 0.222 e. The summed E-state index contributed by atoms with van der Waals surface area (Å²) in [5.41, 5.74) is 0. The molecule has 3 heteroatoms. The van der Waals surface area contributed by atoms with Crippen molar-refractivity contribution in [1.82, 2.24) is 4.90 Å². The Balaban J connectivity index is 1.53. The average molecular weight is 300 g/mol. The third-order valence-corrected chi connectivity index (χ3v) is 5.79. The molecule has 4 atom stereocenters. The number of alkyl halides is 1. The van der Waals surface area contributed by atoms with Crippen LogP contribution in [-0.4, -0.2) is 28.7 Å². The van der Waals surface area contributed by atoms with E-state index < -0.39 is 0 Å². The molecule has 2 bridgehead atoms. The smallest absolute Gasteiger partial charge is 0.222 e. The second-order valence-electron chi connectivity index (χ2n) is 6.22. The Morgan fingerprint density at radius 3 is 2.76 bits per heavy atom. The minimum atomic E-state index is 0.423. The van der Waals surface area contributed by atoms with Gasteiger partial charge in [-0.2, -0.15) is 0 Å². The van der Waals surface area contributed by atoms with Crippen LogP contribution in [0.2, 0.25) is 0 Å². The summed E-state index contributed by atoms with van der Waals surface area (Å²) in [4.78, 5) is 14.9. The van der Waals surface area contributed by atoms with E-state index in [1.807, 2.05) is 0 Å². The number of amides is 1. The summed E-state index contributed by atoms with van der Waals surface area (Å²) in [7, 11) is 0. The van der Waals surface area contributed by atoms with Crippen molar-refractivity contribution in [3.8, 4) is 0 Å². The van der Waals surface area contributed by atoms with E-state index in [9.17, 15) is 4.79 Å². The van der Waals surface area contributed by atoms with Gasteiger partial charge in [-0.15, -0.1) is 0 Å². The molecule has 4 unspecified atom stereocenters. The Morgan fingerprint density at radius 1 is 1.24 bits per heavy atom. The molecule has 0 aromatic heterocycles. The topological polar surface area (TPSA) is 20.3 Å². The number of piperidine rings is 1. The molecule has 1 aliphatic heterocycles. The zero-order valence-electron chi connectivity index (χ0n) is 10.4. The Labute approximate surface area is 112 Å². The standard InChI is InChI=1S/C14H22BrNO/c15-13-2-1-5-16(9-13)14(17)8-12-7-10-3-4-11(12)6-10/h10-13H,1-9H2. The van der Waals surface area contributed by atoms with Gasteiger partial charge in [0.15, 0.2) is 0 Å². The Kier molecular flexibility index (Phi) is 3.47. The molecule has 2 saturated carbocycles. The maximum absolute atomic E-state index is 12.3. The molecule has 3 aliphatic rings. The molecule has 3 rings (SSSR count). The third-order valence-electron chi connectivity index (χ3n) is 5.04. The summed E-state index contributed by atoms with van der Waals surface area (Å²) in [5.74, 6) is 2.99. The van der Waals surface area contributed by atoms with E-state index >= 15 is 0 Å². The second-order valence-corrected chi connectivity index (χ2v) is 7.51. The molecule has 1 heterocycles. The second kappa shape index (κ2) is 4.91. The molecule has 0 N–H and O–H groups in total. The van der Waals surface area contributed by atoms with Gasteiger partial charge in [0.25, 0.3) is 0 Å². The molecule has 96 valence electrons. The van der Waals surface area contributed by atoms with E-state index in [2.05, 4.69) is 20.8 Å². The van der Waals surface area contributed by atoms with E-state index in [1.165, 1.54) is 38.5 Å². The van der Waals surface area contributed by atoms with Crippen LogP contribution in [-0.2, 0) is 4.79 Å². The first-order valence-electron chi connectivity index (χ1n) is 7.14. The summed E-state index contributed by atoms with van der Waals surface area (Å²) >= 11 is 3.65. The molecular weight excluding hydrogens is 278 g/mol. The first-order valence-corrected chi connectivity index (χ1v) is 8.06. The van der Waals surface area contributed by atoms with Gasteiger partial charge < -0.3 is 4.90 Å². The molecule has 1 amide bonds. The molecule has 0 radical (unpaired) electrons. The molecule has 1 saturated heterocycles. The van der Waals surface area contributed by atoms with Crippen molar-refractivity contribution in [2.24, 2.45) is 17.8 Å². The lowest BCUT2D eigenvalue weighted by Crippen LogP contribution is -2.41. The van der Waals surface area contributed by atoms with Crippen LogP contribution in [0.5, 0.6) is 0 Å². The van der Waals surface area contributed by atoms with Crippen LogP contribution >= 0.6 is 15.9 Å². The lowest BCUT2D eigenvalue weighted by molar-refractivity contribution is -0.133. The van der Waals surface area contributed by atoms with Crippen molar-refractivity contribution in [2.75, 3.05) is 13.1 Å². The van der Waals surface area contributed by atoms with Gasteiger partial charge in [0.1, 0.15) is 0 Å². The first-order chi connectivity index (χ1) is 8.22. The van der Waals surface area contributed by atoms with Crippen molar-refractivity contribution in [2.45, 2.75) is 49.8 Å². The monoisotopic (exact) mass is 299 g/mol. The fourth-order valence-electron chi connectivity index (χ4n) is 4.13. The minimum absolute atomic E-state index is 0.423. The number of carbonyl (C=O) groups excluding carboxylic acids is 1. The van der Waals surface area contributed by atoms with Crippen LogP contribution in [0.4, 0.5) is 0 Å². The van der Waals surface area contributed by atoms with E-state index in [-0.39, 0.29) is 0 Å². The lowest BCUT2D eigenvalue weighted by Gasteiger charge is -2.32. The van der Waals surface area contributed by atoms with Gasteiger partial charge >= 0.3 is 0 Å². The van der Waals surface area contributed by atoms with Gasteiger partial charge in [0.05, 0.1) is 0 Å². The Hall–Kier alpha value is -0.0500. The maximum atomic E-state index is 12.3. The third kappa shape index (κ3) is 2.54. The van der Waals surface area contributed by atoms with Crippen molar-refractivity contribution in [3.63, 3.8) is 0 Å². The molecule has 3 fully saturated rings. The molecule has 2 aliphatic carbocycles. The quantitative estimate of drug-likeness (QED) is 0.717. The van der Waals surface area contributed by atoms with Crippen molar-refractivity contribution in [1.29, 1.82) is 0 Å². The zero-order chi connectivity index (χ0) is 11.8. The molecular formula is C14H22BrNO. The summed E-state index contributed by atoms with van der Waals surface area (Å²) < 4.78 is 0. The highest BCUT2D eigenvalue weighted by molar-refractivity contribution is 9.09. The van der Waals surface area contributed by atoms with E-state index in [4.69, 9.17) is 0 Å². The fraction of sp³-hybridized carbons (Fsp3) is 0.929. The van der Waals surface area contributed by atoms with Crippen LogP contribution in [0.3, 0.4) is 0 Å². The van der Waals surface area contributed by atoms with Gasteiger partial charge in [0.2, 0.25) is 5.91 Å². The largest absolute Gasteiger partial charge is 0.342 e. The zero-order valence-corrected chi connectivity index (χ0v) is 12.0. The summed E-state index contributed by atoms with van der Waals surface area (Å²) in [6, 6.07) is 0. The highest BCUT2D eigenvalue weighted by Gasteiger charge is 2.40. The molecule has 0 aromatic rings. The first kappa shape index (κ1) is 12.0. The Morgan fingerprint density at radius 2 is 2.12 bits per heavy atom. The number of halogens is 1. The number of likely N-dealkylation sites (tertiary alicyclic amines) is 1. The predicted molar refractivity (Wildman–Crippen MR) is 72.1 cm³/mol. The van der Waals surface area contributed by atoms with Crippen LogP contribution in [0, 0.1) is 17.8 Å². The van der Waals surface area contributed by atoms with Crippen LogP contribution in [0.15, 0.2) is 0 Å². The highest BCUT2D eigenvalue weighted by atomic mass is 79.9. The fourth-order valence-corrected chi connectivity index (χ4v) is 4.80. The molecule has 0 spiro atoms. The van der Waals surface area contributed by atoms with Crippen LogP contribution < -0.4 is 0 Å². The van der Waals surface area contributed by atoms with Crippen LogP contribution in [0.1, 0.15) is 44.9 Å². The van der Waals surface area contributed by atoms with E-state index in [0.717, 1.165) is 37.3 Å². The minimum Gasteiger partial charge on any atom is -0.342 e. The number of hydrogen-bond acceptors (Lipinski definition) is 1. The average Bonchev–Trinajstić information content (AvgIpc) is 2.91. The molecule has 17 heavy (non-hydrogen) atoms. The predicted octanol–water partition coefficient (Wildman–Crippen LogP) is 3.20. The molecule has 2 nitrogen and oxygen atoms in total. The lowest BCUT2D eigenvalue weighted by atomic mass is 9.86. The normalized spacial score (nSPS) is 40.9. The van der Waals surface area contributed by atoms with Gasteiger partial charge in [-0.25, -0.2) is 0 Å². The van der Waals surface area contributed by atoms with Gasteiger partial charge in [-0.05, 0) is 49.9 Å². The number of hydrogen-bond donors (Lipinski definition) is 0. The summed E-state index contributed by atoms with van der Waals surface area (Å²) in [6.45, 7) is 1.92. The highest BCUT2D eigenvalue weighted by Crippen LogP contribution is 2.49. The SMILES string of the molecule is O=C(CC1CC2CCC1C2)N1CCCC(Br)C1. The number of rotatable bonds is 2. The number of carbonyl (C=O) groups is 1. The van der Waals surface area contributed by atoms with Crippen molar-refractivity contribution >= 4 is 21.8 Å². The number of nitrogens with zero attached hydrogens (tertiary/aromatic N) is 1. The van der Waals surface area contributed by atoms with Crippen molar-refractivity contribution in [3.05, 3.63) is 0 Å². The Bertz CT molecular complexity index is 307. The van der Waals surface area contributed by atoms with Crippen LogP contribution in [0.25, 0.3) is 0 Å². The van der Waals surface area contributed by atoms with Gasteiger partial charge in [-0.3, -0.25) is 4.79 Å². The van der Waals surface area contributed by atoms with E-state index in [1.54, 1.807) is 0 Å².